The number of unbranched alkanes of at least 4 members (excludes halogenated alkanes) is 2. The second kappa shape index (κ2) is 18.6. The molecule has 16 heteroatoms. The highest BCUT2D eigenvalue weighted by Gasteiger charge is 2.22. The maximum absolute atomic E-state index is 12.7. The molecule has 0 aliphatic rings. The number of ether oxygens (including phenoxy) is 2. The highest BCUT2D eigenvalue weighted by Crippen LogP contribution is 2.18. The zero-order chi connectivity index (χ0) is 35.9. The number of aromatic nitrogens is 4. The molecule has 0 unspecified atom stereocenters. The van der Waals surface area contributed by atoms with Gasteiger partial charge in [0.1, 0.15) is 18.2 Å². The minimum atomic E-state index is -0.897. The number of methoxy groups -OCH3 is 1. The van der Waals surface area contributed by atoms with Gasteiger partial charge in [0, 0.05) is 18.7 Å². The number of benzene rings is 2. The molecule has 2 aromatic carbocycles. The van der Waals surface area contributed by atoms with Crippen molar-refractivity contribution in [3.63, 3.8) is 0 Å². The number of carbonyl (C=O) groups excluding carboxylic acids is 4. The number of nitrogens with two attached hydrogens (primary N) is 1. The first-order valence-corrected chi connectivity index (χ1v) is 16.4. The predicted molar refractivity (Wildman–Crippen MR) is 186 cm³/mol. The monoisotopic (exact) mass is 689 g/mol. The maximum atomic E-state index is 12.7. The lowest BCUT2D eigenvalue weighted by atomic mass is 10.1. The van der Waals surface area contributed by atoms with Gasteiger partial charge in [0.25, 0.3) is 5.91 Å². The van der Waals surface area contributed by atoms with E-state index in [2.05, 4.69) is 43.1 Å². The molecule has 2 aromatic heterocycles. The summed E-state index contributed by atoms with van der Waals surface area (Å²) in [4.78, 5) is 73.4. The molecule has 266 valence electrons. The van der Waals surface area contributed by atoms with E-state index < -0.39 is 29.7 Å². The minimum Gasteiger partial charge on any atom is -0.467 e. The van der Waals surface area contributed by atoms with Gasteiger partial charge in [-0.1, -0.05) is 55.8 Å². The van der Waals surface area contributed by atoms with Crippen LogP contribution in [0.15, 0.2) is 59.4 Å². The number of aromatic amines is 1. The van der Waals surface area contributed by atoms with Crippen molar-refractivity contribution in [3.05, 3.63) is 81.8 Å². The number of rotatable bonds is 18. The van der Waals surface area contributed by atoms with Gasteiger partial charge in [0.05, 0.1) is 20.2 Å². The van der Waals surface area contributed by atoms with E-state index >= 15 is 0 Å². The largest absolute Gasteiger partial charge is 0.467 e. The smallest absolute Gasteiger partial charge is 0.408 e. The Hall–Kier alpha value is -5.93. The Kier molecular flexibility index (Phi) is 13.7. The van der Waals surface area contributed by atoms with Crippen molar-refractivity contribution in [1.29, 1.82) is 0 Å². The van der Waals surface area contributed by atoms with E-state index in [4.69, 9.17) is 15.2 Å². The average Bonchev–Trinajstić information content (AvgIpc) is 3.44. The number of hydrogen-bond donors (Lipinski definition) is 6. The average molecular weight is 690 g/mol. The fraction of sp³-hybridized carbons (Fsp3) is 0.382. The molecule has 7 N–H and O–H groups in total. The number of nitrogens with one attached hydrogen (secondary N) is 5. The quantitative estimate of drug-likeness (QED) is 0.0657. The van der Waals surface area contributed by atoms with Crippen molar-refractivity contribution in [1.82, 2.24) is 35.5 Å². The van der Waals surface area contributed by atoms with Crippen LogP contribution in [0.1, 0.15) is 60.5 Å². The normalized spacial score (nSPS) is 11.4. The summed E-state index contributed by atoms with van der Waals surface area (Å²) in [5.41, 5.74) is 8.29. The molecule has 0 spiro atoms. The summed E-state index contributed by atoms with van der Waals surface area (Å²) in [6.45, 7) is 3.06. The lowest BCUT2D eigenvalue weighted by molar-refractivity contribution is -0.143. The molecule has 0 aliphatic heterocycles. The summed E-state index contributed by atoms with van der Waals surface area (Å²) in [5, 5.41) is 11.0. The summed E-state index contributed by atoms with van der Waals surface area (Å²) in [6, 6.07) is 14.9. The van der Waals surface area contributed by atoms with Crippen molar-refractivity contribution in [2.75, 3.05) is 37.8 Å². The van der Waals surface area contributed by atoms with E-state index in [-0.39, 0.29) is 37.8 Å². The molecular formula is C34H43N9O7. The molecule has 50 heavy (non-hydrogen) atoms. The Labute approximate surface area is 288 Å². The minimum absolute atomic E-state index is 0.0629. The molecule has 0 fully saturated rings. The molecule has 0 saturated heterocycles. The van der Waals surface area contributed by atoms with E-state index in [1.165, 1.54) is 11.7 Å². The van der Waals surface area contributed by atoms with Crippen LogP contribution in [0.2, 0.25) is 0 Å². The SMILES string of the molecule is CCCCNc1nc(N)c2[nH]c(=O)n(Cc3ccc(C(=O)NCC(=O)NCCCC[C@H](NC(=O)OCc4ccccc4)C(=O)OC)cc3)c2n1. The Morgan fingerprint density at radius 2 is 1.70 bits per heavy atom. The number of fused-ring (bicyclic) bond motifs is 1. The number of amides is 3. The topological polar surface area (TPSA) is 224 Å². The fourth-order valence-corrected chi connectivity index (χ4v) is 4.92. The van der Waals surface area contributed by atoms with Gasteiger partial charge in [-0.25, -0.2) is 14.4 Å². The number of carbonyl (C=O) groups is 4. The summed E-state index contributed by atoms with van der Waals surface area (Å²) >= 11 is 0. The van der Waals surface area contributed by atoms with Gasteiger partial charge in [0.15, 0.2) is 11.5 Å². The maximum Gasteiger partial charge on any atom is 0.408 e. The Balaban J connectivity index is 1.18. The van der Waals surface area contributed by atoms with Gasteiger partial charge in [-0.15, -0.1) is 0 Å². The third kappa shape index (κ3) is 10.8. The van der Waals surface area contributed by atoms with Crippen molar-refractivity contribution in [2.45, 2.75) is 58.2 Å². The van der Waals surface area contributed by atoms with Crippen molar-refractivity contribution >= 4 is 46.8 Å². The molecule has 4 aromatic rings. The highest BCUT2D eigenvalue weighted by molar-refractivity contribution is 5.96. The van der Waals surface area contributed by atoms with E-state index in [1.54, 1.807) is 24.3 Å². The van der Waals surface area contributed by atoms with Gasteiger partial charge in [0.2, 0.25) is 11.9 Å². The number of alkyl carbamates (subject to hydrolysis) is 1. The first-order chi connectivity index (χ1) is 24.2. The summed E-state index contributed by atoms with van der Waals surface area (Å²) < 4.78 is 11.4. The Morgan fingerprint density at radius 1 is 0.940 bits per heavy atom. The number of nitrogen functional groups attached to an aromatic ring is 1. The fourth-order valence-electron chi connectivity index (χ4n) is 4.92. The Morgan fingerprint density at radius 3 is 2.42 bits per heavy atom. The van der Waals surface area contributed by atoms with Gasteiger partial charge in [-0.05, 0) is 48.9 Å². The molecule has 4 rings (SSSR count). The van der Waals surface area contributed by atoms with Crippen LogP contribution in [0.3, 0.4) is 0 Å². The lowest BCUT2D eigenvalue weighted by Crippen LogP contribution is -2.42. The van der Waals surface area contributed by atoms with Gasteiger partial charge < -0.3 is 41.5 Å². The number of nitrogens with zero attached hydrogens (tertiary/aromatic N) is 3. The summed E-state index contributed by atoms with van der Waals surface area (Å²) in [7, 11) is 1.23. The third-order valence-corrected chi connectivity index (χ3v) is 7.66. The predicted octanol–water partition coefficient (Wildman–Crippen LogP) is 2.45. The summed E-state index contributed by atoms with van der Waals surface area (Å²) in [6.07, 6.45) is 2.49. The molecule has 0 saturated carbocycles. The highest BCUT2D eigenvalue weighted by atomic mass is 16.6. The molecule has 0 aliphatic carbocycles. The van der Waals surface area contributed by atoms with Crippen LogP contribution in [0, 0.1) is 0 Å². The van der Waals surface area contributed by atoms with Gasteiger partial charge in [-0.3, -0.25) is 14.2 Å². The standard InChI is InChI=1S/C34H43N9O7/c1-3-4-17-37-32-41-28(35)27-29(42-32)43(33(47)40-27)20-22-13-15-24(16-14-22)30(45)38-19-26(44)36-18-9-8-12-25(31(46)49-2)39-34(48)50-21-23-10-6-5-7-11-23/h5-7,10-11,13-16,25H,3-4,8-9,12,17-21H2,1-2H3,(H,36,44)(H,38,45)(H,39,48)(H,40,47)(H3,35,37,41,42)/t25-/m0/s1. The Bertz CT molecular complexity index is 1810. The number of hydrogen-bond acceptors (Lipinski definition) is 11. The summed E-state index contributed by atoms with van der Waals surface area (Å²) in [5.74, 6) is -0.918. The first kappa shape index (κ1) is 36.9. The van der Waals surface area contributed by atoms with Crippen LogP contribution in [-0.2, 0) is 32.2 Å². The second-order valence-corrected chi connectivity index (χ2v) is 11.4. The van der Waals surface area contributed by atoms with Crippen LogP contribution in [0.4, 0.5) is 16.6 Å². The lowest BCUT2D eigenvalue weighted by Gasteiger charge is -2.16. The zero-order valence-corrected chi connectivity index (χ0v) is 28.1. The third-order valence-electron chi connectivity index (χ3n) is 7.66. The van der Waals surface area contributed by atoms with Crippen molar-refractivity contribution in [2.24, 2.45) is 0 Å². The van der Waals surface area contributed by atoms with Crippen molar-refractivity contribution in [3.8, 4) is 0 Å². The first-order valence-electron chi connectivity index (χ1n) is 16.4. The number of H-pyrrole nitrogens is 1. The van der Waals surface area contributed by atoms with Crippen LogP contribution < -0.4 is 32.7 Å². The number of esters is 1. The molecule has 3 amide bonds. The molecule has 2 heterocycles. The van der Waals surface area contributed by atoms with Gasteiger partial charge >= 0.3 is 17.8 Å². The van der Waals surface area contributed by atoms with E-state index in [0.29, 0.717) is 48.6 Å². The number of anilines is 2. The van der Waals surface area contributed by atoms with Crippen LogP contribution >= 0.6 is 0 Å². The van der Waals surface area contributed by atoms with E-state index in [1.807, 2.05) is 30.3 Å². The molecule has 0 bridgehead atoms. The molecular weight excluding hydrogens is 646 g/mol. The van der Waals surface area contributed by atoms with E-state index in [0.717, 1.165) is 24.0 Å². The molecule has 0 radical (unpaired) electrons. The van der Waals surface area contributed by atoms with Crippen LogP contribution in [0.5, 0.6) is 0 Å². The molecule has 16 nitrogen and oxygen atoms in total. The van der Waals surface area contributed by atoms with Gasteiger partial charge in [-0.2, -0.15) is 9.97 Å². The van der Waals surface area contributed by atoms with E-state index in [9.17, 15) is 24.0 Å². The van der Waals surface area contributed by atoms with Crippen molar-refractivity contribution < 1.29 is 28.7 Å². The second-order valence-electron chi connectivity index (χ2n) is 11.4. The van der Waals surface area contributed by atoms with Crippen LogP contribution in [0.25, 0.3) is 11.2 Å². The zero-order valence-electron chi connectivity index (χ0n) is 28.1. The number of imidazole rings is 1. The molecule has 1 atom stereocenters. The van der Waals surface area contributed by atoms with Crippen LogP contribution in [-0.4, -0.2) is 76.2 Å².